The van der Waals surface area contributed by atoms with E-state index in [0.29, 0.717) is 35.0 Å². The first-order valence-electron chi connectivity index (χ1n) is 12.1. The smallest absolute Gasteiger partial charge is 0.258 e. The highest BCUT2D eigenvalue weighted by molar-refractivity contribution is 7.89. The zero-order chi connectivity index (χ0) is 27.0. The second-order valence-corrected chi connectivity index (χ2v) is 11.2. The number of nitrogens with zero attached hydrogens (tertiary/aromatic N) is 4. The average molecular weight is 537 g/mol. The predicted octanol–water partition coefficient (Wildman–Crippen LogP) is 4.60. The monoisotopic (exact) mass is 536 g/mol. The SMILES string of the molecule is Cc1ccc(C(=O)N(Cc2nn(C)c3c2CN(S(=O)(=O)c2ccc(F)cc2F)CC3)c2ccccc2)cc1. The topological polar surface area (TPSA) is 75.5 Å². The van der Waals surface area contributed by atoms with E-state index in [1.54, 1.807) is 28.8 Å². The summed E-state index contributed by atoms with van der Waals surface area (Å²) in [6, 6.07) is 18.9. The van der Waals surface area contributed by atoms with Crippen molar-refractivity contribution < 1.29 is 22.0 Å². The molecule has 1 aliphatic heterocycles. The van der Waals surface area contributed by atoms with E-state index in [9.17, 15) is 22.0 Å². The van der Waals surface area contributed by atoms with E-state index in [0.717, 1.165) is 23.4 Å². The molecule has 1 amide bonds. The van der Waals surface area contributed by atoms with Crippen LogP contribution in [0.5, 0.6) is 0 Å². The summed E-state index contributed by atoms with van der Waals surface area (Å²) in [4.78, 5) is 14.7. The van der Waals surface area contributed by atoms with E-state index in [4.69, 9.17) is 0 Å². The molecule has 0 atom stereocenters. The summed E-state index contributed by atoms with van der Waals surface area (Å²) in [6.45, 7) is 2.13. The molecular weight excluding hydrogens is 510 g/mol. The van der Waals surface area contributed by atoms with Crippen molar-refractivity contribution in [1.29, 1.82) is 0 Å². The van der Waals surface area contributed by atoms with Crippen molar-refractivity contribution in [3.05, 3.63) is 113 Å². The van der Waals surface area contributed by atoms with Gasteiger partial charge in [0.15, 0.2) is 0 Å². The van der Waals surface area contributed by atoms with Crippen LogP contribution in [0.3, 0.4) is 0 Å². The standard InChI is InChI=1S/C28H26F2N4O3S/c1-19-8-10-20(11-9-19)28(35)34(22-6-4-3-5-7-22)18-25-23-17-33(15-14-26(23)32(2)31-25)38(36,37)27-13-12-21(29)16-24(27)30/h3-13,16H,14-15,17-18H2,1-2H3. The maximum absolute atomic E-state index is 14.4. The maximum atomic E-state index is 14.4. The second-order valence-electron chi connectivity index (χ2n) is 9.25. The number of benzene rings is 3. The summed E-state index contributed by atoms with van der Waals surface area (Å²) in [5, 5.41) is 4.64. The molecule has 0 bridgehead atoms. The van der Waals surface area contributed by atoms with Gasteiger partial charge < -0.3 is 4.90 Å². The fourth-order valence-electron chi connectivity index (χ4n) is 4.69. The summed E-state index contributed by atoms with van der Waals surface area (Å²) in [7, 11) is -2.45. The van der Waals surface area contributed by atoms with Crippen LogP contribution < -0.4 is 4.90 Å². The number of aryl methyl sites for hydroxylation is 2. The number of aromatic nitrogens is 2. The number of hydrogen-bond donors (Lipinski definition) is 0. The highest BCUT2D eigenvalue weighted by Gasteiger charge is 2.34. The molecule has 0 unspecified atom stereocenters. The number of sulfonamides is 1. The molecule has 0 aliphatic carbocycles. The third-order valence-corrected chi connectivity index (χ3v) is 8.60. The fourth-order valence-corrected chi connectivity index (χ4v) is 6.14. The molecule has 0 saturated heterocycles. The van der Waals surface area contributed by atoms with Gasteiger partial charge in [-0.15, -0.1) is 0 Å². The molecule has 4 aromatic rings. The number of rotatable bonds is 6. The number of carbonyl (C=O) groups is 1. The zero-order valence-electron chi connectivity index (χ0n) is 20.9. The molecule has 0 fully saturated rings. The molecule has 0 saturated carbocycles. The van der Waals surface area contributed by atoms with Gasteiger partial charge in [0, 0.05) is 55.1 Å². The molecule has 1 aliphatic rings. The summed E-state index contributed by atoms with van der Waals surface area (Å²) in [5.74, 6) is -2.21. The van der Waals surface area contributed by atoms with Crippen molar-refractivity contribution in [3.63, 3.8) is 0 Å². The number of amides is 1. The molecule has 3 aromatic carbocycles. The van der Waals surface area contributed by atoms with Gasteiger partial charge >= 0.3 is 0 Å². The normalized spacial score (nSPS) is 13.8. The summed E-state index contributed by atoms with van der Waals surface area (Å²) < 4.78 is 57.3. The van der Waals surface area contributed by atoms with Crippen LogP contribution in [0.15, 0.2) is 77.7 Å². The molecule has 1 aromatic heterocycles. The molecule has 0 spiro atoms. The molecule has 0 radical (unpaired) electrons. The quantitative estimate of drug-likeness (QED) is 0.361. The van der Waals surface area contributed by atoms with Crippen LogP contribution in [0.25, 0.3) is 0 Å². The maximum Gasteiger partial charge on any atom is 0.258 e. The van der Waals surface area contributed by atoms with Crippen LogP contribution in [-0.4, -0.2) is 35.0 Å². The molecule has 5 rings (SSSR count). The van der Waals surface area contributed by atoms with Crippen LogP contribution >= 0.6 is 0 Å². The highest BCUT2D eigenvalue weighted by atomic mass is 32.2. The van der Waals surface area contributed by atoms with E-state index in [2.05, 4.69) is 5.10 Å². The number of anilines is 1. The molecule has 10 heteroatoms. The molecule has 2 heterocycles. The molecular formula is C28H26F2N4O3S. The third-order valence-electron chi connectivity index (χ3n) is 6.72. The van der Waals surface area contributed by atoms with Crippen molar-refractivity contribution in [2.45, 2.75) is 31.3 Å². The number of halogens is 2. The minimum Gasteiger partial charge on any atom is -0.302 e. The van der Waals surface area contributed by atoms with Gasteiger partial charge in [-0.3, -0.25) is 9.48 Å². The first-order valence-corrected chi connectivity index (χ1v) is 13.5. The van der Waals surface area contributed by atoms with Gasteiger partial charge in [0.2, 0.25) is 10.0 Å². The van der Waals surface area contributed by atoms with Gasteiger partial charge in [0.05, 0.1) is 12.2 Å². The molecule has 196 valence electrons. The van der Waals surface area contributed by atoms with Crippen molar-refractivity contribution in [2.24, 2.45) is 7.05 Å². The van der Waals surface area contributed by atoms with E-state index in [-0.39, 0.29) is 25.5 Å². The van der Waals surface area contributed by atoms with Crippen molar-refractivity contribution >= 4 is 21.6 Å². The lowest BCUT2D eigenvalue weighted by atomic mass is 10.1. The Morgan fingerprint density at radius 2 is 1.74 bits per heavy atom. The fraction of sp³-hybridized carbons (Fsp3) is 0.214. The largest absolute Gasteiger partial charge is 0.302 e. The lowest BCUT2D eigenvalue weighted by Crippen LogP contribution is -2.37. The number of para-hydroxylation sites is 1. The Morgan fingerprint density at radius 3 is 2.42 bits per heavy atom. The molecule has 7 nitrogen and oxygen atoms in total. The molecule has 38 heavy (non-hydrogen) atoms. The van der Waals surface area contributed by atoms with Gasteiger partial charge in [-0.2, -0.15) is 9.40 Å². The lowest BCUT2D eigenvalue weighted by molar-refractivity contribution is 0.0984. The third kappa shape index (κ3) is 4.84. The highest BCUT2D eigenvalue weighted by Crippen LogP contribution is 2.30. The first kappa shape index (κ1) is 25.7. The molecule has 0 N–H and O–H groups in total. The lowest BCUT2D eigenvalue weighted by Gasteiger charge is -2.28. The van der Waals surface area contributed by atoms with Gasteiger partial charge in [-0.1, -0.05) is 35.9 Å². The van der Waals surface area contributed by atoms with Gasteiger partial charge in [0.25, 0.3) is 5.91 Å². The number of carbonyl (C=O) groups excluding carboxylic acids is 1. The van der Waals surface area contributed by atoms with Crippen molar-refractivity contribution in [2.75, 3.05) is 11.4 Å². The Bertz CT molecular complexity index is 1600. The van der Waals surface area contributed by atoms with Crippen molar-refractivity contribution in [1.82, 2.24) is 14.1 Å². The summed E-state index contributed by atoms with van der Waals surface area (Å²) in [6.07, 6.45) is 0.359. The predicted molar refractivity (Wildman–Crippen MR) is 139 cm³/mol. The Morgan fingerprint density at radius 1 is 1.03 bits per heavy atom. The van der Waals surface area contributed by atoms with Crippen LogP contribution in [0.2, 0.25) is 0 Å². The van der Waals surface area contributed by atoms with Crippen LogP contribution in [0.4, 0.5) is 14.5 Å². The average Bonchev–Trinajstić information content (AvgIpc) is 3.22. The summed E-state index contributed by atoms with van der Waals surface area (Å²) in [5.41, 5.74) is 4.28. The van der Waals surface area contributed by atoms with E-state index in [1.807, 2.05) is 49.4 Å². The Hall–Kier alpha value is -3.89. The van der Waals surface area contributed by atoms with Gasteiger partial charge in [0.1, 0.15) is 16.5 Å². The van der Waals surface area contributed by atoms with Crippen LogP contribution in [-0.2, 0) is 36.6 Å². The Balaban J connectivity index is 1.50. The van der Waals surface area contributed by atoms with Gasteiger partial charge in [-0.05, 0) is 43.3 Å². The summed E-state index contributed by atoms with van der Waals surface area (Å²) >= 11 is 0. The second kappa shape index (κ2) is 10.1. The number of fused-ring (bicyclic) bond motifs is 1. The zero-order valence-corrected chi connectivity index (χ0v) is 21.8. The minimum absolute atomic E-state index is 0.0427. The van der Waals surface area contributed by atoms with Crippen molar-refractivity contribution in [3.8, 4) is 0 Å². The van der Waals surface area contributed by atoms with E-state index in [1.165, 1.54) is 4.31 Å². The van der Waals surface area contributed by atoms with E-state index >= 15 is 0 Å². The number of hydrogen-bond acceptors (Lipinski definition) is 4. The Kier molecular flexibility index (Phi) is 6.85. The van der Waals surface area contributed by atoms with E-state index < -0.39 is 26.6 Å². The van der Waals surface area contributed by atoms with Gasteiger partial charge in [-0.25, -0.2) is 17.2 Å². The Labute approximate surface area is 220 Å². The van der Waals surface area contributed by atoms with Crippen LogP contribution in [0.1, 0.15) is 32.9 Å². The first-order chi connectivity index (χ1) is 18.1. The van der Waals surface area contributed by atoms with Crippen LogP contribution in [0, 0.1) is 18.6 Å². The minimum atomic E-state index is -4.23.